The molecule has 0 atom stereocenters. The predicted octanol–water partition coefficient (Wildman–Crippen LogP) is 7.33. The molecule has 0 saturated heterocycles. The van der Waals surface area contributed by atoms with Crippen molar-refractivity contribution in [2.24, 2.45) is 0 Å². The fourth-order valence-corrected chi connectivity index (χ4v) is 3.27. The molecule has 3 aromatic rings. The van der Waals surface area contributed by atoms with Crippen LogP contribution in [0.3, 0.4) is 0 Å². The van der Waals surface area contributed by atoms with Crippen LogP contribution in [0.15, 0.2) is 60.7 Å². The van der Waals surface area contributed by atoms with E-state index in [9.17, 15) is 8.78 Å². The Morgan fingerprint density at radius 3 is 1.83 bits per heavy atom. The summed E-state index contributed by atoms with van der Waals surface area (Å²) in [6.45, 7) is 4.08. The lowest BCUT2D eigenvalue weighted by Gasteiger charge is -2.05. The molecule has 0 aliphatic carbocycles. The molecule has 0 fully saturated rings. The Balaban J connectivity index is 1.72. The summed E-state index contributed by atoms with van der Waals surface area (Å²) in [5.41, 5.74) is 4.79. The molecule has 0 aliphatic rings. The minimum absolute atomic E-state index is 0.176. The molecule has 29 heavy (non-hydrogen) atoms. The highest BCUT2D eigenvalue weighted by Crippen LogP contribution is 2.21. The summed E-state index contributed by atoms with van der Waals surface area (Å²) in [6.07, 6.45) is 5.43. The summed E-state index contributed by atoms with van der Waals surface area (Å²) in [7, 11) is 0. The molecule has 0 spiro atoms. The summed E-state index contributed by atoms with van der Waals surface area (Å²) in [6, 6.07) is 19.1. The fourth-order valence-electron chi connectivity index (χ4n) is 3.27. The first-order chi connectivity index (χ1) is 14.1. The van der Waals surface area contributed by atoms with Gasteiger partial charge in [-0.15, -0.1) is 0 Å². The van der Waals surface area contributed by atoms with Gasteiger partial charge in [0.1, 0.15) is 11.6 Å². The van der Waals surface area contributed by atoms with E-state index >= 15 is 0 Å². The first-order valence-corrected chi connectivity index (χ1v) is 10.3. The number of benzene rings is 3. The van der Waals surface area contributed by atoms with Gasteiger partial charge in [-0.3, -0.25) is 0 Å². The molecule has 0 heterocycles. The number of hydrogen-bond donors (Lipinski definition) is 0. The Kier molecular flexibility index (Phi) is 7.19. The predicted molar refractivity (Wildman–Crippen MR) is 117 cm³/mol. The van der Waals surface area contributed by atoms with Crippen LogP contribution < -0.4 is 0 Å². The Morgan fingerprint density at radius 1 is 0.690 bits per heavy atom. The molecule has 0 radical (unpaired) electrons. The molecule has 0 bridgehead atoms. The van der Waals surface area contributed by atoms with Gasteiger partial charge >= 0.3 is 0 Å². The molecule has 0 unspecified atom stereocenters. The molecule has 2 heteroatoms. The lowest BCUT2D eigenvalue weighted by molar-refractivity contribution is 0.574. The molecule has 0 N–H and O–H groups in total. The Hall–Kier alpha value is -2.92. The molecule has 3 rings (SSSR count). The van der Waals surface area contributed by atoms with Crippen molar-refractivity contribution in [3.8, 4) is 23.0 Å². The van der Waals surface area contributed by atoms with Crippen LogP contribution >= 0.6 is 0 Å². The van der Waals surface area contributed by atoms with Crippen molar-refractivity contribution in [1.29, 1.82) is 0 Å². The summed E-state index contributed by atoms with van der Waals surface area (Å²) in [4.78, 5) is 0. The molecule has 0 amide bonds. The van der Waals surface area contributed by atoms with E-state index in [2.05, 4.69) is 43.0 Å². The van der Waals surface area contributed by atoms with Gasteiger partial charge in [-0.25, -0.2) is 8.78 Å². The topological polar surface area (TPSA) is 0 Å². The minimum atomic E-state index is -0.606. The van der Waals surface area contributed by atoms with Gasteiger partial charge in [0.15, 0.2) is 0 Å². The van der Waals surface area contributed by atoms with Gasteiger partial charge in [0.05, 0.1) is 5.56 Å². The summed E-state index contributed by atoms with van der Waals surface area (Å²) >= 11 is 0. The van der Waals surface area contributed by atoms with Crippen molar-refractivity contribution >= 4 is 0 Å². The highest BCUT2D eigenvalue weighted by Gasteiger charge is 2.08. The zero-order valence-electron chi connectivity index (χ0n) is 17.1. The number of halogens is 2. The van der Waals surface area contributed by atoms with Gasteiger partial charge in [-0.1, -0.05) is 74.9 Å². The van der Waals surface area contributed by atoms with Crippen molar-refractivity contribution in [1.82, 2.24) is 0 Å². The maximum atomic E-state index is 14.1. The average molecular weight is 389 g/mol. The second kappa shape index (κ2) is 10.0. The smallest absolute Gasteiger partial charge is 0.142 e. The molecule has 148 valence electrons. The number of unbranched alkanes of at least 4 members (excludes halogenated alkanes) is 2. The molecule has 3 aromatic carbocycles. The van der Waals surface area contributed by atoms with Gasteiger partial charge in [-0.2, -0.15) is 0 Å². The lowest BCUT2D eigenvalue weighted by atomic mass is 10.0. The number of hydrogen-bond acceptors (Lipinski definition) is 0. The summed E-state index contributed by atoms with van der Waals surface area (Å²) < 4.78 is 28.1. The van der Waals surface area contributed by atoms with Crippen LogP contribution in [-0.4, -0.2) is 0 Å². The van der Waals surface area contributed by atoms with Crippen molar-refractivity contribution in [2.45, 2.75) is 46.0 Å². The van der Waals surface area contributed by atoms with Gasteiger partial charge in [0.25, 0.3) is 0 Å². The second-order valence-electron chi connectivity index (χ2n) is 7.27. The van der Waals surface area contributed by atoms with Crippen LogP contribution in [0.1, 0.15) is 55.4 Å². The van der Waals surface area contributed by atoms with E-state index in [1.165, 1.54) is 37.0 Å². The van der Waals surface area contributed by atoms with Crippen LogP contribution in [0, 0.1) is 23.5 Å². The third kappa shape index (κ3) is 5.55. The van der Waals surface area contributed by atoms with Gasteiger partial charge in [-0.05, 0) is 65.8 Å². The van der Waals surface area contributed by atoms with Gasteiger partial charge < -0.3 is 0 Å². The molecule has 0 saturated carbocycles. The maximum absolute atomic E-state index is 14.1. The number of aryl methyl sites for hydroxylation is 2. The average Bonchev–Trinajstić information content (AvgIpc) is 2.74. The van der Waals surface area contributed by atoms with Crippen LogP contribution in [0.2, 0.25) is 0 Å². The molecule has 0 aliphatic heterocycles. The Morgan fingerprint density at radius 2 is 1.28 bits per heavy atom. The maximum Gasteiger partial charge on any atom is 0.142 e. The van der Waals surface area contributed by atoms with E-state index < -0.39 is 11.6 Å². The zero-order valence-corrected chi connectivity index (χ0v) is 17.1. The normalized spacial score (nSPS) is 10.5. The molecule has 0 aromatic heterocycles. The van der Waals surface area contributed by atoms with Crippen molar-refractivity contribution in [2.75, 3.05) is 0 Å². The largest absolute Gasteiger partial charge is 0.206 e. The molecular weight excluding hydrogens is 362 g/mol. The highest BCUT2D eigenvalue weighted by atomic mass is 19.1. The summed E-state index contributed by atoms with van der Waals surface area (Å²) in [5, 5.41) is 0. The van der Waals surface area contributed by atoms with Crippen molar-refractivity contribution < 1.29 is 8.78 Å². The van der Waals surface area contributed by atoms with Gasteiger partial charge in [0.2, 0.25) is 0 Å². The van der Waals surface area contributed by atoms with Crippen LogP contribution in [0.5, 0.6) is 0 Å². The minimum Gasteiger partial charge on any atom is -0.206 e. The number of rotatable bonds is 6. The third-order valence-corrected chi connectivity index (χ3v) is 5.08. The standard InChI is InChI=1S/C27H26F2/c1-3-5-6-7-21-8-13-23(14-9-21)24-15-10-22(11-16-24)12-17-25-26(28)18-20(4-2)19-27(25)29/h8-11,13-16,18-19H,3-7H2,1-2H3. The van der Waals surface area contributed by atoms with E-state index in [4.69, 9.17) is 0 Å². The lowest BCUT2D eigenvalue weighted by Crippen LogP contribution is -1.93. The van der Waals surface area contributed by atoms with Crippen LogP contribution in [0.25, 0.3) is 11.1 Å². The van der Waals surface area contributed by atoms with E-state index in [-0.39, 0.29) is 5.56 Å². The second-order valence-corrected chi connectivity index (χ2v) is 7.27. The SMILES string of the molecule is CCCCCc1ccc(-c2ccc(C#Cc3c(F)cc(CC)cc3F)cc2)cc1. The van der Waals surface area contributed by atoms with Crippen LogP contribution in [0.4, 0.5) is 8.78 Å². The zero-order chi connectivity index (χ0) is 20.6. The monoisotopic (exact) mass is 388 g/mol. The molecular formula is C27H26F2. The van der Waals surface area contributed by atoms with Gasteiger partial charge in [0, 0.05) is 5.56 Å². The highest BCUT2D eigenvalue weighted by molar-refractivity contribution is 5.64. The van der Waals surface area contributed by atoms with E-state index in [1.807, 2.05) is 31.2 Å². The fraction of sp³-hybridized carbons (Fsp3) is 0.259. The van der Waals surface area contributed by atoms with E-state index in [0.717, 1.165) is 23.1 Å². The molecule has 0 nitrogen and oxygen atoms in total. The van der Waals surface area contributed by atoms with Crippen LogP contribution in [-0.2, 0) is 12.8 Å². The van der Waals surface area contributed by atoms with Crippen molar-refractivity contribution in [3.63, 3.8) is 0 Å². The first-order valence-electron chi connectivity index (χ1n) is 10.3. The summed E-state index contributed by atoms with van der Waals surface area (Å²) in [5.74, 6) is 4.29. The van der Waals surface area contributed by atoms with E-state index in [0.29, 0.717) is 12.0 Å². The third-order valence-electron chi connectivity index (χ3n) is 5.08. The first kappa shape index (κ1) is 20.8. The Labute approximate surface area is 172 Å². The quantitative estimate of drug-likeness (QED) is 0.306. The van der Waals surface area contributed by atoms with Crippen molar-refractivity contribution in [3.05, 3.63) is 94.6 Å². The van der Waals surface area contributed by atoms with E-state index in [1.54, 1.807) is 0 Å². The Bertz CT molecular complexity index is 980.